The monoisotopic (exact) mass is 573 g/mol. The molecule has 1 aromatic heterocycles. The number of hydrogen-bond donors (Lipinski definition) is 1. The molecule has 1 saturated heterocycles. The normalized spacial score (nSPS) is 17.1. The van der Waals surface area contributed by atoms with E-state index in [1.54, 1.807) is 0 Å². The summed E-state index contributed by atoms with van der Waals surface area (Å²) in [7, 11) is -4.45. The quantitative estimate of drug-likeness (QED) is 0.429. The first kappa shape index (κ1) is 23.6. The van der Waals surface area contributed by atoms with Crippen LogP contribution < -0.4 is 15.7 Å². The van der Waals surface area contributed by atoms with E-state index in [2.05, 4.69) is 9.72 Å². The van der Waals surface area contributed by atoms with Gasteiger partial charge in [-0.3, -0.25) is 4.79 Å². The van der Waals surface area contributed by atoms with Crippen LogP contribution in [-0.2, 0) is 23.4 Å². The number of benzene rings is 1. The molecule has 0 spiro atoms. The van der Waals surface area contributed by atoms with Crippen LogP contribution in [0.2, 0.25) is 0 Å². The number of ether oxygens (including phenoxy) is 2. The van der Waals surface area contributed by atoms with Crippen LogP contribution in [0.3, 0.4) is 0 Å². The summed E-state index contributed by atoms with van der Waals surface area (Å²) in [4.78, 5) is 40.0. The number of fused-ring (bicyclic) bond motifs is 1. The summed E-state index contributed by atoms with van der Waals surface area (Å²) in [6.07, 6.45) is -0.476. The SMILES string of the molecule is CCOC(=O)N(n1c(=O)[nH]c2cc(C(F)(F)I)c(C3CCCO3)cc2c1=O)S(C)(=O)=O. The second kappa shape index (κ2) is 8.46. The van der Waals surface area contributed by atoms with Crippen LogP contribution in [0.5, 0.6) is 0 Å². The third-order valence-electron chi connectivity index (χ3n) is 4.55. The summed E-state index contributed by atoms with van der Waals surface area (Å²) in [6.45, 7) is 1.54. The van der Waals surface area contributed by atoms with Gasteiger partial charge in [-0.2, -0.15) is 8.78 Å². The maximum absolute atomic E-state index is 14.3. The second-order valence-electron chi connectivity index (χ2n) is 6.74. The summed E-state index contributed by atoms with van der Waals surface area (Å²) in [5.41, 5.74) is -3.15. The van der Waals surface area contributed by atoms with E-state index in [0.717, 1.165) is 34.7 Å². The highest BCUT2D eigenvalue weighted by Crippen LogP contribution is 2.43. The molecule has 170 valence electrons. The zero-order chi connectivity index (χ0) is 23.1. The Morgan fingerprint density at radius 2 is 2.10 bits per heavy atom. The van der Waals surface area contributed by atoms with Gasteiger partial charge >= 0.3 is 15.7 Å². The largest absolute Gasteiger partial charge is 0.448 e. The molecule has 1 fully saturated rings. The molecule has 3 rings (SSSR count). The van der Waals surface area contributed by atoms with E-state index in [9.17, 15) is 31.6 Å². The fourth-order valence-corrected chi connectivity index (χ4v) is 4.55. The molecule has 14 heteroatoms. The van der Waals surface area contributed by atoms with Crippen LogP contribution in [0.4, 0.5) is 13.6 Å². The molecule has 2 aromatic rings. The molecule has 1 aromatic carbocycles. The minimum atomic E-state index is -4.45. The van der Waals surface area contributed by atoms with Crippen LogP contribution in [0.1, 0.15) is 37.0 Å². The van der Waals surface area contributed by atoms with E-state index in [4.69, 9.17) is 4.74 Å². The lowest BCUT2D eigenvalue weighted by Crippen LogP contribution is -2.56. The smallest absolute Gasteiger partial charge is 0.444 e. The van der Waals surface area contributed by atoms with Crippen molar-refractivity contribution in [1.82, 2.24) is 9.66 Å². The Morgan fingerprint density at radius 1 is 1.42 bits per heavy atom. The van der Waals surface area contributed by atoms with Gasteiger partial charge < -0.3 is 14.5 Å². The number of nitrogens with zero attached hydrogens (tertiary/aromatic N) is 2. The maximum Gasteiger partial charge on any atom is 0.444 e. The molecule has 1 atom stereocenters. The third kappa shape index (κ3) is 4.59. The summed E-state index contributed by atoms with van der Waals surface area (Å²) < 4.78 is 59.6. The van der Waals surface area contributed by atoms with Crippen molar-refractivity contribution in [2.24, 2.45) is 0 Å². The van der Waals surface area contributed by atoms with Crippen molar-refractivity contribution in [3.05, 3.63) is 44.1 Å². The predicted octanol–water partition coefficient (Wildman–Crippen LogP) is 2.08. The number of alkyl halides is 3. The fourth-order valence-electron chi connectivity index (χ4n) is 3.32. The van der Waals surface area contributed by atoms with E-state index < -0.39 is 43.0 Å². The maximum atomic E-state index is 14.3. The Bertz CT molecular complexity index is 1250. The highest BCUT2D eigenvalue weighted by molar-refractivity contribution is 14.1. The van der Waals surface area contributed by atoms with Crippen molar-refractivity contribution in [3.8, 4) is 0 Å². The Balaban J connectivity index is 2.35. The van der Waals surface area contributed by atoms with Crippen molar-refractivity contribution < 1.29 is 31.5 Å². The average Bonchev–Trinajstić information content (AvgIpc) is 3.17. The Morgan fingerprint density at radius 3 is 2.61 bits per heavy atom. The molecule has 1 unspecified atom stereocenters. The van der Waals surface area contributed by atoms with Crippen LogP contribution >= 0.6 is 22.6 Å². The van der Waals surface area contributed by atoms with Gasteiger partial charge in [-0.15, -0.1) is 4.68 Å². The number of rotatable bonds is 5. The highest BCUT2D eigenvalue weighted by atomic mass is 127. The second-order valence-corrected chi connectivity index (χ2v) is 9.90. The van der Waals surface area contributed by atoms with Crippen LogP contribution in [0.15, 0.2) is 21.7 Å². The van der Waals surface area contributed by atoms with E-state index in [-0.39, 0.29) is 32.2 Å². The Kier molecular flexibility index (Phi) is 6.44. The lowest BCUT2D eigenvalue weighted by atomic mass is 9.98. The Hall–Kier alpha value is -2.07. The number of halogens is 3. The van der Waals surface area contributed by atoms with Crippen molar-refractivity contribution in [2.75, 3.05) is 23.9 Å². The molecule has 10 nitrogen and oxygen atoms in total. The number of amides is 1. The summed E-state index contributed by atoms with van der Waals surface area (Å²) in [6, 6.07) is 2.09. The number of carbonyl (C=O) groups excluding carboxylic acids is 1. The molecule has 31 heavy (non-hydrogen) atoms. The molecule has 1 N–H and O–H groups in total. The minimum absolute atomic E-state index is 0.0436. The molecule has 1 aliphatic rings. The van der Waals surface area contributed by atoms with E-state index in [1.165, 1.54) is 6.92 Å². The molecule has 1 aliphatic heterocycles. The molecule has 0 radical (unpaired) electrons. The van der Waals surface area contributed by atoms with Gasteiger partial charge in [0.2, 0.25) is 0 Å². The highest BCUT2D eigenvalue weighted by Gasteiger charge is 2.36. The van der Waals surface area contributed by atoms with Crippen molar-refractivity contribution >= 4 is 49.6 Å². The molecule has 0 saturated carbocycles. The zero-order valence-corrected chi connectivity index (χ0v) is 19.3. The van der Waals surface area contributed by atoms with Gasteiger partial charge in [0.15, 0.2) is 0 Å². The van der Waals surface area contributed by atoms with Crippen LogP contribution in [0, 0.1) is 0 Å². The van der Waals surface area contributed by atoms with E-state index >= 15 is 0 Å². The summed E-state index contributed by atoms with van der Waals surface area (Å²) in [5.74, 6) is 0. The molecular weight excluding hydrogens is 555 g/mol. The van der Waals surface area contributed by atoms with Crippen LogP contribution in [0.25, 0.3) is 10.9 Å². The number of H-pyrrole nitrogens is 1. The van der Waals surface area contributed by atoms with Gasteiger partial charge in [0.05, 0.1) is 29.9 Å². The standard InChI is InChI=1S/C17H18F2IN3O7S/c1-3-29-16(26)23(31(2,27)28)22-14(24)10-7-9(13-5-4-6-30-13)11(17(18,19)20)8-12(10)21-15(22)25/h7-8,13H,3-6H2,1-2H3,(H,21,25). The van der Waals surface area contributed by atoms with Crippen molar-refractivity contribution in [1.29, 1.82) is 0 Å². The zero-order valence-electron chi connectivity index (χ0n) is 16.4. The fraction of sp³-hybridized carbons (Fsp3) is 0.471. The minimum Gasteiger partial charge on any atom is -0.448 e. The van der Waals surface area contributed by atoms with Gasteiger partial charge in [-0.05, 0) is 37.5 Å². The average molecular weight is 573 g/mol. The molecule has 1 amide bonds. The lowest BCUT2D eigenvalue weighted by molar-refractivity contribution is 0.0965. The molecule has 0 bridgehead atoms. The molecule has 2 heterocycles. The molecule has 0 aliphatic carbocycles. The number of aromatic nitrogens is 2. The topological polar surface area (TPSA) is 128 Å². The first-order chi connectivity index (χ1) is 14.4. The van der Waals surface area contributed by atoms with Crippen molar-refractivity contribution in [3.63, 3.8) is 0 Å². The number of carbonyl (C=O) groups is 1. The summed E-state index contributed by atoms with van der Waals surface area (Å²) in [5, 5.41) is -0.271. The van der Waals surface area contributed by atoms with Gasteiger partial charge in [-0.25, -0.2) is 18.0 Å². The third-order valence-corrected chi connectivity index (χ3v) is 6.07. The van der Waals surface area contributed by atoms with E-state index in [0.29, 0.717) is 25.7 Å². The number of hydrogen-bond acceptors (Lipinski definition) is 7. The number of nitrogens with one attached hydrogen (secondary N) is 1. The van der Waals surface area contributed by atoms with Crippen molar-refractivity contribution in [2.45, 2.75) is 29.8 Å². The van der Waals surface area contributed by atoms with Gasteiger partial charge in [0.25, 0.3) is 15.6 Å². The van der Waals surface area contributed by atoms with Gasteiger partial charge in [0, 0.05) is 34.8 Å². The predicted molar refractivity (Wildman–Crippen MR) is 115 cm³/mol. The first-order valence-electron chi connectivity index (χ1n) is 9.05. The summed E-state index contributed by atoms with van der Waals surface area (Å²) >= 11 is 0.937. The first-order valence-corrected chi connectivity index (χ1v) is 12.0. The number of sulfonamides is 1. The van der Waals surface area contributed by atoms with Gasteiger partial charge in [-0.1, -0.05) is 4.41 Å². The van der Waals surface area contributed by atoms with Gasteiger partial charge in [0.1, 0.15) is 0 Å². The van der Waals surface area contributed by atoms with E-state index in [1.807, 2.05) is 0 Å². The number of aromatic amines is 1. The lowest BCUT2D eigenvalue weighted by Gasteiger charge is -2.22. The Labute approximate surface area is 188 Å². The van der Waals surface area contributed by atoms with Crippen LogP contribution in [-0.4, -0.2) is 43.6 Å². The molecular formula is C17H18F2IN3O7S.